The van der Waals surface area contributed by atoms with Gasteiger partial charge < -0.3 is 4.90 Å². The quantitative estimate of drug-likeness (QED) is 0.732. The zero-order chi connectivity index (χ0) is 21.0. The van der Waals surface area contributed by atoms with E-state index in [1.807, 2.05) is 13.8 Å². The molecule has 1 aromatic carbocycles. The lowest BCUT2D eigenvalue weighted by Gasteiger charge is -2.51. The minimum absolute atomic E-state index is 0.221. The van der Waals surface area contributed by atoms with Gasteiger partial charge in [-0.05, 0) is 58.6 Å². The van der Waals surface area contributed by atoms with Crippen LogP contribution in [0.15, 0.2) is 30.3 Å². The van der Waals surface area contributed by atoms with E-state index >= 15 is 0 Å². The predicted octanol–water partition coefficient (Wildman–Crippen LogP) is 4.39. The molecule has 5 atom stereocenters. The number of aryl methyl sites for hydroxylation is 2. The molecule has 160 valence electrons. The van der Waals surface area contributed by atoms with Crippen molar-refractivity contribution in [1.29, 1.82) is 0 Å². The number of nitrogens with zero attached hydrogens (tertiary/aromatic N) is 3. The Morgan fingerprint density at radius 3 is 2.63 bits per heavy atom. The monoisotopic (exact) mass is 423 g/mol. The van der Waals surface area contributed by atoms with Crippen LogP contribution >= 0.6 is 11.3 Å². The van der Waals surface area contributed by atoms with E-state index in [2.05, 4.69) is 59.1 Å². The molecule has 1 saturated carbocycles. The maximum Gasteiger partial charge on any atom is 0.228 e. The number of likely N-dealkylation sites (tertiary alicyclic amines) is 2. The molecule has 2 saturated heterocycles. The first-order chi connectivity index (χ1) is 14.4. The maximum atomic E-state index is 13.8. The molecule has 0 unspecified atom stereocenters. The highest BCUT2D eigenvalue weighted by atomic mass is 32.1. The van der Waals surface area contributed by atoms with Crippen molar-refractivity contribution in [3.63, 3.8) is 0 Å². The molecular weight excluding hydrogens is 390 g/mol. The summed E-state index contributed by atoms with van der Waals surface area (Å²) in [6, 6.07) is 12.5. The number of carbonyl (C=O) groups excluding carboxylic acids is 1. The molecule has 5 heteroatoms. The van der Waals surface area contributed by atoms with E-state index in [4.69, 9.17) is 0 Å². The van der Waals surface area contributed by atoms with E-state index in [9.17, 15) is 4.79 Å². The van der Waals surface area contributed by atoms with Gasteiger partial charge in [0.05, 0.1) is 17.1 Å². The summed E-state index contributed by atoms with van der Waals surface area (Å²) in [5.74, 6) is 0.314. The van der Waals surface area contributed by atoms with Crippen molar-refractivity contribution in [2.24, 2.45) is 5.41 Å². The fourth-order valence-electron chi connectivity index (χ4n) is 6.85. The number of thiazole rings is 1. The van der Waals surface area contributed by atoms with Crippen LogP contribution in [0.2, 0.25) is 0 Å². The van der Waals surface area contributed by atoms with Gasteiger partial charge in [0.2, 0.25) is 5.91 Å². The lowest BCUT2D eigenvalue weighted by atomic mass is 9.64. The number of amides is 1. The lowest BCUT2D eigenvalue weighted by molar-refractivity contribution is -0.134. The first-order valence-corrected chi connectivity index (χ1v) is 12.2. The lowest BCUT2D eigenvalue weighted by Crippen LogP contribution is -2.59. The number of piperidine rings is 1. The summed E-state index contributed by atoms with van der Waals surface area (Å²) < 4.78 is 0. The topological polar surface area (TPSA) is 36.4 Å². The van der Waals surface area contributed by atoms with E-state index in [1.54, 1.807) is 11.3 Å². The summed E-state index contributed by atoms with van der Waals surface area (Å²) >= 11 is 1.68. The van der Waals surface area contributed by atoms with Crippen molar-refractivity contribution in [2.45, 2.75) is 83.5 Å². The van der Waals surface area contributed by atoms with Crippen molar-refractivity contribution in [3.8, 4) is 0 Å². The SMILES string of the molecule is Cc1nc(C)c(CC(=O)N2[C@H]3CCC[C@H]4N(C)[C@@H](Cc5ccccc5)[C@@H]2C[C@@]34C)s1. The summed E-state index contributed by atoms with van der Waals surface area (Å²) in [5, 5.41) is 1.06. The Kier molecular flexibility index (Phi) is 5.02. The second kappa shape index (κ2) is 7.45. The third-order valence-electron chi connectivity index (χ3n) is 8.17. The molecule has 5 rings (SSSR count). The van der Waals surface area contributed by atoms with Gasteiger partial charge in [0, 0.05) is 34.5 Å². The highest BCUT2D eigenvalue weighted by molar-refractivity contribution is 7.11. The highest BCUT2D eigenvalue weighted by Crippen LogP contribution is 2.56. The minimum Gasteiger partial charge on any atom is -0.334 e. The van der Waals surface area contributed by atoms with Gasteiger partial charge in [-0.2, -0.15) is 0 Å². The molecule has 0 spiro atoms. The van der Waals surface area contributed by atoms with Crippen molar-refractivity contribution >= 4 is 17.2 Å². The van der Waals surface area contributed by atoms with Crippen LogP contribution < -0.4 is 0 Å². The molecule has 3 heterocycles. The van der Waals surface area contributed by atoms with Crippen LogP contribution in [0.25, 0.3) is 0 Å². The molecule has 4 nitrogen and oxygen atoms in total. The summed E-state index contributed by atoms with van der Waals surface area (Å²) in [6.45, 7) is 6.53. The van der Waals surface area contributed by atoms with Crippen molar-refractivity contribution < 1.29 is 4.79 Å². The molecule has 3 aliphatic rings. The van der Waals surface area contributed by atoms with Crippen LogP contribution in [0.5, 0.6) is 0 Å². The number of hydrogen-bond acceptors (Lipinski definition) is 4. The number of carbonyl (C=O) groups is 1. The number of rotatable bonds is 4. The van der Waals surface area contributed by atoms with Gasteiger partial charge in [-0.25, -0.2) is 4.98 Å². The normalized spacial score (nSPS) is 33.1. The van der Waals surface area contributed by atoms with Crippen LogP contribution in [-0.4, -0.2) is 51.9 Å². The fourth-order valence-corrected chi connectivity index (χ4v) is 7.78. The molecule has 30 heavy (non-hydrogen) atoms. The van der Waals surface area contributed by atoms with Gasteiger partial charge in [-0.1, -0.05) is 37.3 Å². The average Bonchev–Trinajstić information content (AvgIpc) is 3.20. The van der Waals surface area contributed by atoms with E-state index in [0.717, 1.165) is 34.8 Å². The van der Waals surface area contributed by atoms with Gasteiger partial charge in [0.15, 0.2) is 0 Å². The van der Waals surface area contributed by atoms with Crippen LogP contribution in [-0.2, 0) is 17.6 Å². The zero-order valence-electron chi connectivity index (χ0n) is 18.6. The first kappa shape index (κ1) is 20.2. The van der Waals surface area contributed by atoms with Crippen molar-refractivity contribution in [3.05, 3.63) is 51.5 Å². The predicted molar refractivity (Wildman–Crippen MR) is 122 cm³/mol. The summed E-state index contributed by atoms with van der Waals surface area (Å²) in [6.07, 6.45) is 6.31. The zero-order valence-corrected chi connectivity index (χ0v) is 19.4. The number of hydrogen-bond donors (Lipinski definition) is 0. The smallest absolute Gasteiger partial charge is 0.228 e. The Morgan fingerprint density at radius 1 is 1.20 bits per heavy atom. The standard InChI is InChI=1S/C25H33N3OS/c1-16-21(30-17(2)26-16)14-24(29)28-20-15-25(3)22(11-8-12-23(25)28)27(4)19(20)13-18-9-6-5-7-10-18/h5-7,9-10,19-20,22-23H,8,11-15H2,1-4H3/t19-,20-,22+,23-,25+/m0/s1. The minimum atomic E-state index is 0.221. The molecule has 3 fully saturated rings. The molecule has 0 radical (unpaired) electrons. The summed E-state index contributed by atoms with van der Waals surface area (Å²) in [5.41, 5.74) is 2.62. The summed E-state index contributed by atoms with van der Waals surface area (Å²) in [7, 11) is 2.32. The Balaban J connectivity index is 1.48. The largest absolute Gasteiger partial charge is 0.334 e. The van der Waals surface area contributed by atoms with Crippen LogP contribution in [0, 0.1) is 19.3 Å². The second-order valence-corrected chi connectivity index (χ2v) is 11.2. The van der Waals surface area contributed by atoms with E-state index in [-0.39, 0.29) is 5.41 Å². The third-order valence-corrected chi connectivity index (χ3v) is 9.24. The van der Waals surface area contributed by atoms with Crippen LogP contribution in [0.3, 0.4) is 0 Å². The van der Waals surface area contributed by atoms with Crippen molar-refractivity contribution in [2.75, 3.05) is 7.05 Å². The second-order valence-electron chi connectivity index (χ2n) is 9.88. The van der Waals surface area contributed by atoms with Crippen LogP contribution in [0.4, 0.5) is 0 Å². The van der Waals surface area contributed by atoms with Gasteiger partial charge in [-0.15, -0.1) is 11.3 Å². The maximum absolute atomic E-state index is 13.8. The van der Waals surface area contributed by atoms with Crippen molar-refractivity contribution in [1.82, 2.24) is 14.8 Å². The Morgan fingerprint density at radius 2 is 1.93 bits per heavy atom. The molecule has 2 aromatic rings. The van der Waals surface area contributed by atoms with Gasteiger partial charge in [0.1, 0.15) is 0 Å². The van der Waals surface area contributed by atoms with E-state index in [0.29, 0.717) is 36.5 Å². The molecular formula is C25H33N3OS. The third kappa shape index (κ3) is 3.13. The Labute approximate surface area is 184 Å². The number of benzene rings is 1. The fraction of sp³-hybridized carbons (Fsp3) is 0.600. The Bertz CT molecular complexity index is 941. The molecule has 1 amide bonds. The van der Waals surface area contributed by atoms with E-state index < -0.39 is 0 Å². The molecule has 0 N–H and O–H groups in total. The molecule has 2 aliphatic heterocycles. The van der Waals surface area contributed by atoms with Crippen LogP contribution in [0.1, 0.15) is 53.7 Å². The number of fused-ring (bicyclic) bond motifs is 1. The highest BCUT2D eigenvalue weighted by Gasteiger charge is 2.62. The van der Waals surface area contributed by atoms with E-state index in [1.165, 1.54) is 18.4 Å². The van der Waals surface area contributed by atoms with Gasteiger partial charge in [-0.3, -0.25) is 9.69 Å². The molecule has 2 bridgehead atoms. The van der Waals surface area contributed by atoms with Gasteiger partial charge in [0.25, 0.3) is 0 Å². The van der Waals surface area contributed by atoms with Gasteiger partial charge >= 0.3 is 0 Å². The summed E-state index contributed by atoms with van der Waals surface area (Å²) in [4.78, 5) is 24.4. The Hall–Kier alpha value is -1.72. The first-order valence-electron chi connectivity index (χ1n) is 11.4. The number of aromatic nitrogens is 1. The molecule has 1 aromatic heterocycles. The molecule has 1 aliphatic carbocycles. The number of likely N-dealkylation sites (N-methyl/N-ethyl adjacent to an activating group) is 1. The average molecular weight is 424 g/mol.